The van der Waals surface area contributed by atoms with Gasteiger partial charge in [0.15, 0.2) is 0 Å². The molecule has 1 saturated heterocycles. The molecule has 0 radical (unpaired) electrons. The minimum Gasteiger partial charge on any atom is -0.361 e. The molecule has 2 rings (SSSR count). The van der Waals surface area contributed by atoms with Crippen LogP contribution in [0, 0.1) is 6.92 Å². The highest BCUT2D eigenvalue weighted by atomic mass is 16.5. The van der Waals surface area contributed by atoms with E-state index < -0.39 is 6.04 Å². The smallest absolute Gasteiger partial charge is 0.245 e. The van der Waals surface area contributed by atoms with Crippen LogP contribution in [0.25, 0.3) is 0 Å². The van der Waals surface area contributed by atoms with Crippen LogP contribution in [0.5, 0.6) is 0 Å². The number of piperazine rings is 1. The molecule has 2 amide bonds. The summed E-state index contributed by atoms with van der Waals surface area (Å²) in [7, 11) is 0. The van der Waals surface area contributed by atoms with E-state index in [2.05, 4.69) is 10.5 Å². The predicted molar refractivity (Wildman–Crippen MR) is 58.9 cm³/mol. The van der Waals surface area contributed by atoms with Gasteiger partial charge < -0.3 is 14.7 Å². The van der Waals surface area contributed by atoms with Crippen LogP contribution in [-0.2, 0) is 16.1 Å². The van der Waals surface area contributed by atoms with Gasteiger partial charge in [-0.2, -0.15) is 0 Å². The molecule has 1 aliphatic rings. The van der Waals surface area contributed by atoms with Crippen LogP contribution in [0.15, 0.2) is 10.6 Å². The third kappa shape index (κ3) is 2.46. The molecular weight excluding hydrogens is 222 g/mol. The SMILES string of the molecule is CCC1NC(=O)CN(Cc2cc(C)on2)C1=O. The zero-order valence-corrected chi connectivity index (χ0v) is 9.90. The Morgan fingerprint density at radius 3 is 2.94 bits per heavy atom. The lowest BCUT2D eigenvalue weighted by molar-refractivity contribution is -0.145. The predicted octanol–water partition coefficient (Wildman–Crippen LogP) is 0.220. The zero-order valence-electron chi connectivity index (χ0n) is 9.90. The van der Waals surface area contributed by atoms with Gasteiger partial charge in [0.25, 0.3) is 0 Å². The minimum atomic E-state index is -0.413. The van der Waals surface area contributed by atoms with E-state index in [1.807, 2.05) is 6.92 Å². The normalized spacial score (nSPS) is 20.6. The first-order valence-electron chi connectivity index (χ1n) is 5.60. The number of hydrogen-bond donors (Lipinski definition) is 1. The van der Waals surface area contributed by atoms with Crippen molar-refractivity contribution in [2.75, 3.05) is 6.54 Å². The van der Waals surface area contributed by atoms with Crippen molar-refractivity contribution in [2.24, 2.45) is 0 Å². The lowest BCUT2D eigenvalue weighted by Crippen LogP contribution is -2.57. The van der Waals surface area contributed by atoms with E-state index in [4.69, 9.17) is 4.52 Å². The van der Waals surface area contributed by atoms with Gasteiger partial charge in [0.2, 0.25) is 11.8 Å². The Morgan fingerprint density at radius 1 is 1.59 bits per heavy atom. The lowest BCUT2D eigenvalue weighted by Gasteiger charge is -2.31. The summed E-state index contributed by atoms with van der Waals surface area (Å²) in [6.45, 7) is 4.06. The molecule has 0 aliphatic carbocycles. The molecule has 2 heterocycles. The van der Waals surface area contributed by atoms with Crippen molar-refractivity contribution in [1.82, 2.24) is 15.4 Å². The van der Waals surface area contributed by atoms with E-state index in [0.29, 0.717) is 24.4 Å². The molecule has 0 saturated carbocycles. The van der Waals surface area contributed by atoms with Crippen molar-refractivity contribution in [1.29, 1.82) is 0 Å². The average Bonchev–Trinajstić information content (AvgIpc) is 2.69. The highest BCUT2D eigenvalue weighted by molar-refractivity contribution is 5.94. The number of amides is 2. The molecule has 1 aromatic rings. The van der Waals surface area contributed by atoms with E-state index in [1.54, 1.807) is 13.0 Å². The molecule has 0 aromatic carbocycles. The molecule has 17 heavy (non-hydrogen) atoms. The largest absolute Gasteiger partial charge is 0.361 e. The second-order valence-electron chi connectivity index (χ2n) is 4.15. The maximum absolute atomic E-state index is 12.0. The van der Waals surface area contributed by atoms with Crippen LogP contribution in [0.1, 0.15) is 24.8 Å². The summed E-state index contributed by atoms with van der Waals surface area (Å²) in [5, 5.41) is 6.48. The van der Waals surface area contributed by atoms with E-state index in [1.165, 1.54) is 4.90 Å². The molecule has 6 nitrogen and oxygen atoms in total. The number of hydrogen-bond acceptors (Lipinski definition) is 4. The number of carbonyl (C=O) groups is 2. The molecule has 1 aromatic heterocycles. The summed E-state index contributed by atoms with van der Waals surface area (Å²) in [4.78, 5) is 24.9. The monoisotopic (exact) mass is 237 g/mol. The van der Waals surface area contributed by atoms with Gasteiger partial charge in [0.1, 0.15) is 24.0 Å². The fourth-order valence-electron chi connectivity index (χ4n) is 1.87. The van der Waals surface area contributed by atoms with E-state index in [-0.39, 0.29) is 18.4 Å². The average molecular weight is 237 g/mol. The van der Waals surface area contributed by atoms with Crippen molar-refractivity contribution in [3.63, 3.8) is 0 Å². The van der Waals surface area contributed by atoms with Crippen LogP contribution in [0.3, 0.4) is 0 Å². The van der Waals surface area contributed by atoms with Gasteiger partial charge in [0, 0.05) is 6.07 Å². The summed E-state index contributed by atoms with van der Waals surface area (Å²) in [6.07, 6.45) is 0.596. The van der Waals surface area contributed by atoms with Crippen molar-refractivity contribution in [2.45, 2.75) is 32.9 Å². The fraction of sp³-hybridized carbons (Fsp3) is 0.545. The van der Waals surface area contributed by atoms with Gasteiger partial charge in [0.05, 0.1) is 6.54 Å². The molecule has 0 spiro atoms. The van der Waals surface area contributed by atoms with Crippen molar-refractivity contribution in [3.05, 3.63) is 17.5 Å². The summed E-state index contributed by atoms with van der Waals surface area (Å²) < 4.78 is 4.93. The van der Waals surface area contributed by atoms with Crippen LogP contribution >= 0.6 is 0 Å². The Kier molecular flexibility index (Phi) is 3.12. The summed E-state index contributed by atoms with van der Waals surface area (Å²) in [5.74, 6) is 0.505. The van der Waals surface area contributed by atoms with Crippen molar-refractivity contribution in [3.8, 4) is 0 Å². The minimum absolute atomic E-state index is 0.0623. The molecule has 1 N–H and O–H groups in total. The number of nitrogens with one attached hydrogen (secondary N) is 1. The van der Waals surface area contributed by atoms with Gasteiger partial charge in [-0.25, -0.2) is 0 Å². The van der Waals surface area contributed by atoms with Gasteiger partial charge in [-0.1, -0.05) is 12.1 Å². The Hall–Kier alpha value is -1.85. The molecule has 0 bridgehead atoms. The number of carbonyl (C=O) groups excluding carboxylic acids is 2. The Labute approximate surface area is 98.9 Å². The molecule has 6 heteroatoms. The third-order valence-electron chi connectivity index (χ3n) is 2.72. The maximum atomic E-state index is 12.0. The quantitative estimate of drug-likeness (QED) is 0.816. The molecule has 1 unspecified atom stereocenters. The van der Waals surface area contributed by atoms with E-state index >= 15 is 0 Å². The van der Waals surface area contributed by atoms with Gasteiger partial charge in [-0.05, 0) is 13.3 Å². The summed E-state index contributed by atoms with van der Waals surface area (Å²) in [6, 6.07) is 1.35. The number of rotatable bonds is 3. The van der Waals surface area contributed by atoms with Gasteiger partial charge >= 0.3 is 0 Å². The standard InChI is InChI=1S/C11H15N3O3/c1-3-9-11(16)14(6-10(15)12-9)5-8-4-7(2)17-13-8/h4,9H,3,5-6H2,1-2H3,(H,12,15). The molecule has 1 atom stereocenters. The van der Waals surface area contributed by atoms with Crippen LogP contribution in [-0.4, -0.2) is 34.5 Å². The number of nitrogens with zero attached hydrogens (tertiary/aromatic N) is 2. The zero-order chi connectivity index (χ0) is 12.4. The van der Waals surface area contributed by atoms with Gasteiger partial charge in [-0.15, -0.1) is 0 Å². The molecular formula is C11H15N3O3. The third-order valence-corrected chi connectivity index (χ3v) is 2.72. The van der Waals surface area contributed by atoms with Crippen LogP contribution in [0.2, 0.25) is 0 Å². The van der Waals surface area contributed by atoms with E-state index in [0.717, 1.165) is 0 Å². The first-order valence-corrected chi connectivity index (χ1v) is 5.60. The summed E-state index contributed by atoms with van der Waals surface area (Å²) in [5.41, 5.74) is 0.667. The molecule has 92 valence electrons. The van der Waals surface area contributed by atoms with Gasteiger partial charge in [-0.3, -0.25) is 9.59 Å². The Balaban J connectivity index is 2.09. The number of aromatic nitrogens is 1. The number of aryl methyl sites for hydroxylation is 1. The topological polar surface area (TPSA) is 75.4 Å². The van der Waals surface area contributed by atoms with Crippen LogP contribution in [0.4, 0.5) is 0 Å². The Bertz CT molecular complexity index is 441. The maximum Gasteiger partial charge on any atom is 0.245 e. The van der Waals surface area contributed by atoms with Crippen molar-refractivity contribution >= 4 is 11.8 Å². The molecule has 1 fully saturated rings. The first-order chi connectivity index (χ1) is 8.10. The van der Waals surface area contributed by atoms with E-state index in [9.17, 15) is 9.59 Å². The highest BCUT2D eigenvalue weighted by Crippen LogP contribution is 2.11. The fourth-order valence-corrected chi connectivity index (χ4v) is 1.87. The van der Waals surface area contributed by atoms with Crippen LogP contribution < -0.4 is 5.32 Å². The lowest BCUT2D eigenvalue weighted by atomic mass is 10.1. The second-order valence-corrected chi connectivity index (χ2v) is 4.15. The Morgan fingerprint density at radius 2 is 2.35 bits per heavy atom. The molecule has 1 aliphatic heterocycles. The highest BCUT2D eigenvalue weighted by Gasteiger charge is 2.31. The first kappa shape index (κ1) is 11.6. The summed E-state index contributed by atoms with van der Waals surface area (Å²) >= 11 is 0. The van der Waals surface area contributed by atoms with Crippen molar-refractivity contribution < 1.29 is 14.1 Å². The second kappa shape index (κ2) is 4.57.